The number of nitrogens with zero attached hydrogens (tertiary/aromatic N) is 1. The lowest BCUT2D eigenvalue weighted by Crippen LogP contribution is -2.17. The van der Waals surface area contributed by atoms with Gasteiger partial charge < -0.3 is 9.47 Å². The van der Waals surface area contributed by atoms with E-state index in [4.69, 9.17) is 9.47 Å². The maximum absolute atomic E-state index is 12.0. The molecule has 0 bridgehead atoms. The molecular weight excluding hydrogens is 280 g/mol. The van der Waals surface area contributed by atoms with Crippen LogP contribution in [0, 0.1) is 6.92 Å². The molecule has 22 heavy (non-hydrogen) atoms. The summed E-state index contributed by atoms with van der Waals surface area (Å²) in [6.45, 7) is 2.01. The number of carbonyl (C=O) groups excluding carboxylic acids is 1. The Morgan fingerprint density at radius 1 is 1.05 bits per heavy atom. The molecular formula is C17H18N2O3. The lowest BCUT2D eigenvalue weighted by Gasteiger charge is -2.08. The molecule has 114 valence electrons. The van der Waals surface area contributed by atoms with Crippen LogP contribution in [0.5, 0.6) is 11.5 Å². The number of amides is 1. The van der Waals surface area contributed by atoms with Gasteiger partial charge in [-0.3, -0.25) is 4.79 Å². The maximum Gasteiger partial charge on any atom is 0.271 e. The molecule has 0 heterocycles. The molecule has 0 saturated heterocycles. The molecule has 0 aliphatic rings. The fourth-order valence-corrected chi connectivity index (χ4v) is 1.86. The second-order valence-corrected chi connectivity index (χ2v) is 4.68. The van der Waals surface area contributed by atoms with Crippen LogP contribution in [0.4, 0.5) is 0 Å². The van der Waals surface area contributed by atoms with E-state index in [9.17, 15) is 4.79 Å². The lowest BCUT2D eigenvalue weighted by atomic mass is 10.2. The van der Waals surface area contributed by atoms with Crippen LogP contribution in [-0.2, 0) is 0 Å². The third-order valence-electron chi connectivity index (χ3n) is 3.10. The Balaban J connectivity index is 2.04. The zero-order valence-corrected chi connectivity index (χ0v) is 12.8. The van der Waals surface area contributed by atoms with Crippen molar-refractivity contribution in [1.82, 2.24) is 5.43 Å². The molecule has 0 aliphatic carbocycles. The Hall–Kier alpha value is -2.82. The van der Waals surface area contributed by atoms with Crippen LogP contribution in [0.25, 0.3) is 0 Å². The fourth-order valence-electron chi connectivity index (χ4n) is 1.86. The van der Waals surface area contributed by atoms with Crippen LogP contribution in [-0.4, -0.2) is 26.3 Å². The number of methoxy groups -OCH3 is 2. The molecule has 5 heteroatoms. The number of rotatable bonds is 5. The second-order valence-electron chi connectivity index (χ2n) is 4.68. The van der Waals surface area contributed by atoms with Gasteiger partial charge >= 0.3 is 0 Å². The second kappa shape index (κ2) is 7.26. The first-order valence-electron chi connectivity index (χ1n) is 6.76. The summed E-state index contributed by atoms with van der Waals surface area (Å²) in [7, 11) is 3.07. The summed E-state index contributed by atoms with van der Waals surface area (Å²) in [5.41, 5.74) is 5.02. The Labute approximate surface area is 129 Å². The first-order chi connectivity index (χ1) is 10.6. The van der Waals surface area contributed by atoms with Crippen molar-refractivity contribution in [3.63, 3.8) is 0 Å². The molecule has 2 aromatic carbocycles. The summed E-state index contributed by atoms with van der Waals surface area (Å²) in [6.07, 6.45) is 1.60. The van der Waals surface area contributed by atoms with Gasteiger partial charge in [0, 0.05) is 5.56 Å². The molecule has 5 nitrogen and oxygen atoms in total. The molecule has 1 N–H and O–H groups in total. The quantitative estimate of drug-likeness (QED) is 0.682. The number of nitrogens with one attached hydrogen (secondary N) is 1. The molecule has 0 aromatic heterocycles. The molecule has 2 aromatic rings. The standard InChI is InChI=1S/C17H18N2O3/c1-12-4-6-13(7-5-12)11-18-19-17(20)14-8-9-15(21-2)16(10-14)22-3/h4-11H,1-3H3,(H,19,20). The van der Waals surface area contributed by atoms with Gasteiger partial charge in [0.05, 0.1) is 20.4 Å². The third-order valence-corrected chi connectivity index (χ3v) is 3.10. The van der Waals surface area contributed by atoms with Crippen LogP contribution < -0.4 is 14.9 Å². The molecule has 0 atom stereocenters. The lowest BCUT2D eigenvalue weighted by molar-refractivity contribution is 0.0954. The van der Waals surface area contributed by atoms with Crippen LogP contribution in [0.3, 0.4) is 0 Å². The number of benzene rings is 2. The Morgan fingerprint density at radius 3 is 2.36 bits per heavy atom. The van der Waals surface area contributed by atoms with E-state index in [0.717, 1.165) is 5.56 Å². The maximum atomic E-state index is 12.0. The first-order valence-corrected chi connectivity index (χ1v) is 6.76. The van der Waals surface area contributed by atoms with Crippen molar-refractivity contribution < 1.29 is 14.3 Å². The average molecular weight is 298 g/mol. The molecule has 0 aliphatic heterocycles. The Morgan fingerprint density at radius 2 is 1.73 bits per heavy atom. The normalized spacial score (nSPS) is 10.5. The van der Waals surface area contributed by atoms with Crippen LogP contribution in [0.1, 0.15) is 21.5 Å². The summed E-state index contributed by atoms with van der Waals surface area (Å²) in [4.78, 5) is 12.0. The van der Waals surface area contributed by atoms with E-state index in [2.05, 4.69) is 10.5 Å². The largest absolute Gasteiger partial charge is 0.493 e. The number of aryl methyl sites for hydroxylation is 1. The van der Waals surface area contributed by atoms with Crippen LogP contribution in [0.15, 0.2) is 47.6 Å². The number of ether oxygens (including phenoxy) is 2. The van der Waals surface area contributed by atoms with Crippen molar-refractivity contribution in [3.05, 3.63) is 59.2 Å². The average Bonchev–Trinajstić information content (AvgIpc) is 2.55. The number of carbonyl (C=O) groups is 1. The summed E-state index contributed by atoms with van der Waals surface area (Å²) in [5, 5.41) is 3.95. The minimum atomic E-state index is -0.315. The number of hydrogen-bond donors (Lipinski definition) is 1. The summed E-state index contributed by atoms with van der Waals surface area (Å²) in [6, 6.07) is 12.8. The summed E-state index contributed by atoms with van der Waals surface area (Å²) >= 11 is 0. The molecule has 0 fully saturated rings. The van der Waals surface area contributed by atoms with E-state index in [1.165, 1.54) is 12.7 Å². The minimum Gasteiger partial charge on any atom is -0.493 e. The van der Waals surface area contributed by atoms with Crippen LogP contribution >= 0.6 is 0 Å². The van der Waals surface area contributed by atoms with Gasteiger partial charge in [0.15, 0.2) is 11.5 Å². The predicted molar refractivity (Wildman–Crippen MR) is 85.8 cm³/mol. The molecule has 0 unspecified atom stereocenters. The van der Waals surface area contributed by atoms with Gasteiger partial charge in [0.1, 0.15) is 0 Å². The summed E-state index contributed by atoms with van der Waals surface area (Å²) < 4.78 is 10.3. The minimum absolute atomic E-state index is 0.315. The van der Waals surface area contributed by atoms with E-state index < -0.39 is 0 Å². The first kappa shape index (κ1) is 15.6. The topological polar surface area (TPSA) is 59.9 Å². The molecule has 0 spiro atoms. The Bertz CT molecular complexity index is 679. The molecule has 0 saturated carbocycles. The van der Waals surface area contributed by atoms with E-state index in [0.29, 0.717) is 17.1 Å². The van der Waals surface area contributed by atoms with Gasteiger partial charge in [-0.15, -0.1) is 0 Å². The van der Waals surface area contributed by atoms with Crippen molar-refractivity contribution in [3.8, 4) is 11.5 Å². The third kappa shape index (κ3) is 3.85. The van der Waals surface area contributed by atoms with Gasteiger partial charge in [-0.25, -0.2) is 5.43 Å². The highest BCUT2D eigenvalue weighted by molar-refractivity contribution is 5.95. The van der Waals surface area contributed by atoms with E-state index in [-0.39, 0.29) is 5.91 Å². The van der Waals surface area contributed by atoms with Crippen LogP contribution in [0.2, 0.25) is 0 Å². The number of hydrogen-bond acceptors (Lipinski definition) is 4. The van der Waals surface area contributed by atoms with Crippen molar-refractivity contribution in [2.45, 2.75) is 6.92 Å². The molecule has 2 rings (SSSR count). The highest BCUT2D eigenvalue weighted by Crippen LogP contribution is 2.27. The highest BCUT2D eigenvalue weighted by Gasteiger charge is 2.09. The predicted octanol–water partition coefficient (Wildman–Crippen LogP) is 2.78. The van der Waals surface area contributed by atoms with Gasteiger partial charge in [-0.1, -0.05) is 29.8 Å². The fraction of sp³-hybridized carbons (Fsp3) is 0.176. The Kier molecular flexibility index (Phi) is 5.14. The SMILES string of the molecule is COc1ccc(C(=O)NN=Cc2ccc(C)cc2)cc1OC. The number of hydrazone groups is 1. The van der Waals surface area contributed by atoms with E-state index in [1.54, 1.807) is 31.5 Å². The smallest absolute Gasteiger partial charge is 0.271 e. The summed E-state index contributed by atoms with van der Waals surface area (Å²) in [5.74, 6) is 0.754. The van der Waals surface area contributed by atoms with E-state index in [1.807, 2.05) is 31.2 Å². The van der Waals surface area contributed by atoms with E-state index >= 15 is 0 Å². The van der Waals surface area contributed by atoms with Crippen molar-refractivity contribution in [2.75, 3.05) is 14.2 Å². The highest BCUT2D eigenvalue weighted by atomic mass is 16.5. The molecule has 0 radical (unpaired) electrons. The zero-order chi connectivity index (χ0) is 15.9. The monoisotopic (exact) mass is 298 g/mol. The van der Waals surface area contributed by atoms with Gasteiger partial charge in [0.25, 0.3) is 5.91 Å². The van der Waals surface area contributed by atoms with Crippen molar-refractivity contribution in [2.24, 2.45) is 5.10 Å². The van der Waals surface area contributed by atoms with Gasteiger partial charge in [-0.05, 0) is 30.7 Å². The van der Waals surface area contributed by atoms with Crippen molar-refractivity contribution in [1.29, 1.82) is 0 Å². The van der Waals surface area contributed by atoms with Gasteiger partial charge in [-0.2, -0.15) is 5.10 Å². The zero-order valence-electron chi connectivity index (χ0n) is 12.8. The van der Waals surface area contributed by atoms with Crippen molar-refractivity contribution >= 4 is 12.1 Å². The molecule has 1 amide bonds. The van der Waals surface area contributed by atoms with Gasteiger partial charge in [0.2, 0.25) is 0 Å².